The third-order valence-corrected chi connectivity index (χ3v) is 6.54. The Bertz CT molecular complexity index is 1450. The van der Waals surface area contributed by atoms with E-state index in [1.165, 1.54) is 30.3 Å². The largest absolute Gasteiger partial charge is 0.456 e. The van der Waals surface area contributed by atoms with E-state index < -0.39 is 21.7 Å². The van der Waals surface area contributed by atoms with E-state index in [2.05, 4.69) is 10.3 Å². The normalized spacial score (nSPS) is 11.3. The summed E-state index contributed by atoms with van der Waals surface area (Å²) in [4.78, 5) is 29.5. The summed E-state index contributed by atoms with van der Waals surface area (Å²) in [5.74, 6) is -0.826. The van der Waals surface area contributed by atoms with Crippen molar-refractivity contribution in [1.82, 2.24) is 4.98 Å². The number of carbonyl (C=O) groups is 2. The average Bonchev–Trinajstić information content (AvgIpc) is 3.15. The Morgan fingerprint density at radius 2 is 1.72 bits per heavy atom. The van der Waals surface area contributed by atoms with Crippen molar-refractivity contribution in [3.8, 4) is 11.5 Å². The highest BCUT2D eigenvalue weighted by molar-refractivity contribution is 7.90. The lowest BCUT2D eigenvalue weighted by Gasteiger charge is -2.13. The van der Waals surface area contributed by atoms with Crippen molar-refractivity contribution in [3.63, 3.8) is 0 Å². The van der Waals surface area contributed by atoms with E-state index in [0.717, 1.165) is 17.6 Å². The van der Waals surface area contributed by atoms with E-state index in [1.807, 2.05) is 6.07 Å². The minimum atomic E-state index is -3.37. The first-order valence-corrected chi connectivity index (χ1v) is 12.0. The molecule has 0 saturated carbocycles. The molecule has 0 radical (unpaired) electrons. The fraction of sp³-hybridized carbons (Fsp3) is 0.0455. The van der Waals surface area contributed by atoms with Crippen LogP contribution in [0.5, 0.6) is 11.5 Å². The Hall–Kier alpha value is -3.76. The van der Waals surface area contributed by atoms with Gasteiger partial charge >= 0.3 is 0 Å². The van der Waals surface area contributed by atoms with Gasteiger partial charge in [-0.1, -0.05) is 35.6 Å². The van der Waals surface area contributed by atoms with Gasteiger partial charge in [-0.3, -0.25) is 14.9 Å². The molecule has 0 bridgehead atoms. The van der Waals surface area contributed by atoms with Gasteiger partial charge in [-0.15, -0.1) is 0 Å². The lowest BCUT2D eigenvalue weighted by atomic mass is 10.1. The summed E-state index contributed by atoms with van der Waals surface area (Å²) in [7, 11) is -3.37. The summed E-state index contributed by atoms with van der Waals surface area (Å²) in [5, 5.41) is 2.95. The molecule has 4 rings (SSSR count). The molecule has 1 aromatic heterocycles. The zero-order valence-electron chi connectivity index (χ0n) is 16.7. The first-order valence-electron chi connectivity index (χ1n) is 9.30. The van der Waals surface area contributed by atoms with Crippen LogP contribution in [-0.4, -0.2) is 31.5 Å². The Balaban J connectivity index is 1.69. The first-order chi connectivity index (χ1) is 15.2. The lowest BCUT2D eigenvalue weighted by Crippen LogP contribution is -2.17. The highest BCUT2D eigenvalue weighted by Gasteiger charge is 2.21. The number of ether oxygens (including phenoxy) is 1. The molecular formula is C22H17N3O5S2. The summed E-state index contributed by atoms with van der Waals surface area (Å²) >= 11 is 1.13. The number of sulfone groups is 1. The Morgan fingerprint density at radius 1 is 1.00 bits per heavy atom. The topological polar surface area (TPSA) is 128 Å². The third kappa shape index (κ3) is 4.46. The zero-order valence-corrected chi connectivity index (χ0v) is 18.4. The van der Waals surface area contributed by atoms with Gasteiger partial charge in [0.1, 0.15) is 5.75 Å². The monoisotopic (exact) mass is 467 g/mol. The van der Waals surface area contributed by atoms with Crippen molar-refractivity contribution in [1.29, 1.82) is 0 Å². The smallest absolute Gasteiger partial charge is 0.261 e. The maximum atomic E-state index is 13.0. The molecule has 0 aliphatic heterocycles. The summed E-state index contributed by atoms with van der Waals surface area (Å²) < 4.78 is 30.0. The molecule has 0 atom stereocenters. The number of carbonyl (C=O) groups excluding carboxylic acids is 2. The van der Waals surface area contributed by atoms with Crippen molar-refractivity contribution < 1.29 is 22.7 Å². The first kappa shape index (κ1) is 21.5. The number of nitrogens with zero attached hydrogens (tertiary/aromatic N) is 1. The predicted molar refractivity (Wildman–Crippen MR) is 122 cm³/mol. The highest BCUT2D eigenvalue weighted by atomic mass is 32.2. The molecular weight excluding hydrogens is 450 g/mol. The Kier molecular flexibility index (Phi) is 5.64. The van der Waals surface area contributed by atoms with Gasteiger partial charge in [-0.25, -0.2) is 13.4 Å². The molecule has 0 fully saturated rings. The van der Waals surface area contributed by atoms with Gasteiger partial charge in [-0.05, 0) is 42.5 Å². The number of amides is 2. The van der Waals surface area contributed by atoms with Crippen molar-refractivity contribution >= 4 is 48.3 Å². The standard InChI is InChI=1S/C22H17N3O5S2/c1-32(28,29)14-10-11-17-18(12-14)31-22(24-17)25-21(27)16-9-5-8-15(20(23)26)19(16)30-13-6-3-2-4-7-13/h2-12H,1H3,(H2,23,26)(H,24,25,27). The molecule has 3 aromatic carbocycles. The van der Waals surface area contributed by atoms with Crippen LogP contribution in [0.2, 0.25) is 0 Å². The number of aromatic nitrogens is 1. The van der Waals surface area contributed by atoms with Crippen LogP contribution >= 0.6 is 11.3 Å². The number of hydrogen-bond donors (Lipinski definition) is 2. The number of para-hydroxylation sites is 2. The number of primary amides is 1. The molecule has 0 spiro atoms. The number of fused-ring (bicyclic) bond motifs is 1. The molecule has 4 aromatic rings. The second-order valence-electron chi connectivity index (χ2n) is 6.84. The van der Waals surface area contributed by atoms with Crippen LogP contribution in [0.1, 0.15) is 20.7 Å². The molecule has 8 nitrogen and oxygen atoms in total. The van der Waals surface area contributed by atoms with E-state index in [1.54, 1.807) is 30.3 Å². The average molecular weight is 468 g/mol. The van der Waals surface area contributed by atoms with Gasteiger partial charge in [0.15, 0.2) is 20.7 Å². The van der Waals surface area contributed by atoms with Gasteiger partial charge in [-0.2, -0.15) is 0 Å². The lowest BCUT2D eigenvalue weighted by molar-refractivity contribution is 0.0998. The van der Waals surface area contributed by atoms with E-state index in [0.29, 0.717) is 16.0 Å². The predicted octanol–water partition coefficient (Wildman–Crippen LogP) is 3.84. The number of benzene rings is 3. The second-order valence-corrected chi connectivity index (χ2v) is 9.88. The number of nitrogens with two attached hydrogens (primary N) is 1. The quantitative estimate of drug-likeness (QED) is 0.443. The van der Waals surface area contributed by atoms with Gasteiger partial charge in [0.05, 0.1) is 26.2 Å². The van der Waals surface area contributed by atoms with Crippen LogP contribution in [0.15, 0.2) is 71.6 Å². The summed E-state index contributed by atoms with van der Waals surface area (Å²) in [6, 6.07) is 17.8. The summed E-state index contributed by atoms with van der Waals surface area (Å²) in [6.07, 6.45) is 1.12. The van der Waals surface area contributed by atoms with Crippen molar-refractivity contribution in [2.24, 2.45) is 5.73 Å². The Morgan fingerprint density at radius 3 is 2.41 bits per heavy atom. The minimum absolute atomic E-state index is 0.0316. The van der Waals surface area contributed by atoms with E-state index in [9.17, 15) is 18.0 Å². The number of hydrogen-bond acceptors (Lipinski definition) is 7. The van der Waals surface area contributed by atoms with Gasteiger partial charge in [0.25, 0.3) is 11.8 Å². The van der Waals surface area contributed by atoms with Crippen LogP contribution in [0, 0.1) is 0 Å². The van der Waals surface area contributed by atoms with E-state index >= 15 is 0 Å². The number of rotatable bonds is 6. The molecule has 32 heavy (non-hydrogen) atoms. The number of thiazole rings is 1. The number of nitrogens with one attached hydrogen (secondary N) is 1. The highest BCUT2D eigenvalue weighted by Crippen LogP contribution is 2.32. The SMILES string of the molecule is CS(=O)(=O)c1ccc2nc(NC(=O)c3cccc(C(N)=O)c3Oc3ccccc3)sc2c1. The minimum Gasteiger partial charge on any atom is -0.456 e. The second kappa shape index (κ2) is 8.40. The molecule has 1 heterocycles. The number of anilines is 1. The van der Waals surface area contributed by atoms with Crippen LogP contribution in [0.3, 0.4) is 0 Å². The summed E-state index contributed by atoms with van der Waals surface area (Å²) in [5.41, 5.74) is 6.18. The van der Waals surface area contributed by atoms with Gasteiger partial charge < -0.3 is 10.5 Å². The fourth-order valence-electron chi connectivity index (χ4n) is 2.98. The van der Waals surface area contributed by atoms with Gasteiger partial charge in [0, 0.05) is 6.26 Å². The molecule has 2 amide bonds. The van der Waals surface area contributed by atoms with Crippen LogP contribution in [0.4, 0.5) is 5.13 Å². The molecule has 0 aliphatic carbocycles. The molecule has 0 unspecified atom stereocenters. The van der Waals surface area contributed by atoms with Crippen LogP contribution in [0.25, 0.3) is 10.2 Å². The maximum absolute atomic E-state index is 13.0. The molecule has 3 N–H and O–H groups in total. The van der Waals surface area contributed by atoms with Crippen molar-refractivity contribution in [2.75, 3.05) is 11.6 Å². The van der Waals surface area contributed by atoms with E-state index in [4.69, 9.17) is 10.5 Å². The van der Waals surface area contributed by atoms with Gasteiger partial charge in [0.2, 0.25) is 0 Å². The molecule has 162 valence electrons. The van der Waals surface area contributed by atoms with Crippen molar-refractivity contribution in [3.05, 3.63) is 77.9 Å². The third-order valence-electron chi connectivity index (χ3n) is 4.50. The molecule has 10 heteroatoms. The maximum Gasteiger partial charge on any atom is 0.261 e. The molecule has 0 saturated heterocycles. The summed E-state index contributed by atoms with van der Waals surface area (Å²) in [6.45, 7) is 0. The van der Waals surface area contributed by atoms with Crippen LogP contribution in [-0.2, 0) is 9.84 Å². The van der Waals surface area contributed by atoms with Crippen LogP contribution < -0.4 is 15.8 Å². The Labute approximate surface area is 187 Å². The fourth-order valence-corrected chi connectivity index (χ4v) is 4.60. The van der Waals surface area contributed by atoms with Crippen molar-refractivity contribution in [2.45, 2.75) is 4.90 Å². The van der Waals surface area contributed by atoms with E-state index in [-0.39, 0.29) is 26.9 Å². The molecule has 0 aliphatic rings. The zero-order chi connectivity index (χ0) is 22.9.